The van der Waals surface area contributed by atoms with Gasteiger partial charge in [0.25, 0.3) is 0 Å². The van der Waals surface area contributed by atoms with Gasteiger partial charge in [0, 0.05) is 0 Å². The Labute approximate surface area is 47.1 Å². The van der Waals surface area contributed by atoms with E-state index in [1.807, 2.05) is 0 Å². The summed E-state index contributed by atoms with van der Waals surface area (Å²) < 4.78 is 2.55. The Kier molecular flexibility index (Phi) is 3.14. The Hall–Kier alpha value is 0.590. The highest BCUT2D eigenvalue weighted by atomic mass is 32.1. The molecule has 0 amide bonds. The molecule has 0 aromatic rings. The summed E-state index contributed by atoms with van der Waals surface area (Å²) in [5.74, 6) is 0. The Morgan fingerprint density at radius 2 is 2.20 bits per heavy atom. The summed E-state index contributed by atoms with van der Waals surface area (Å²) in [6, 6.07) is 0. The molecule has 1 N–H and O–H groups in total. The minimum Gasteiger partial charge on any atom is -0.669 e. The number of nitrogens with one attached hydrogen (secondary N) is 1. The van der Waals surface area contributed by atoms with Gasteiger partial charge in [-0.1, -0.05) is 12.2 Å². The lowest BCUT2D eigenvalue weighted by Crippen LogP contribution is -2.04. The zero-order valence-electron chi connectivity index (χ0n) is 2.26. The molecule has 0 radical (unpaired) electrons. The third kappa shape index (κ3) is 4.59. The molecule has 0 aromatic carbocycles. The summed E-state index contributed by atoms with van der Waals surface area (Å²) in [4.78, 5) is 0. The molecule has 0 aliphatic carbocycles. The van der Waals surface area contributed by atoms with E-state index in [0.717, 1.165) is 0 Å². The summed E-state index contributed by atoms with van der Waals surface area (Å²) in [5.41, 5.74) is 0. The minimum atomic E-state index is 0.347. The molecule has 1 nitrogen and oxygen atoms in total. The smallest absolute Gasteiger partial charge is 0.108 e. The molecule has 30 valence electrons. The lowest BCUT2D eigenvalue weighted by molar-refractivity contribution is 1.67. The average Bonchev–Trinajstić information content (AvgIpc) is 1.38. The van der Waals surface area contributed by atoms with Gasteiger partial charge >= 0.3 is 0 Å². The van der Waals surface area contributed by atoms with Crippen LogP contribution in [0.5, 0.6) is 0 Å². The third-order valence-electron chi connectivity index (χ3n) is 0.0873. The highest BCUT2D eigenvalue weighted by Gasteiger charge is 1.60. The molecule has 0 aromatic heterocycles. The zero-order valence-corrected chi connectivity index (χ0v) is 4.79. The van der Waals surface area contributed by atoms with E-state index in [1.54, 1.807) is 0 Å². The van der Waals surface area contributed by atoms with Crippen molar-refractivity contribution in [2.24, 2.45) is 0 Å². The molecule has 0 saturated heterocycles. The molecule has 4 heteroatoms. The van der Waals surface area contributed by atoms with Gasteiger partial charge in [-0.3, -0.25) is 0 Å². The van der Waals surface area contributed by atoms with Gasteiger partial charge in [-0.2, -0.15) is 0 Å². The van der Waals surface area contributed by atoms with Crippen molar-refractivity contribution in [2.45, 2.75) is 0 Å². The van der Waals surface area contributed by atoms with Crippen molar-refractivity contribution in [3.05, 3.63) is 0 Å². The average molecular weight is 124 g/mol. The van der Waals surface area contributed by atoms with E-state index in [2.05, 4.69) is 42.4 Å². The first-order valence-electron chi connectivity index (χ1n) is 0.882. The maximum absolute atomic E-state index is 4.35. The topological polar surface area (TPSA) is 12.0 Å². The van der Waals surface area contributed by atoms with Crippen LogP contribution in [0.25, 0.3) is 0 Å². The Balaban J connectivity index is 2.85. The molecule has 0 spiro atoms. The Bertz CT molecular complexity index is 42.2. The summed E-state index contributed by atoms with van der Waals surface area (Å²) in [7, 11) is 0. The van der Waals surface area contributed by atoms with Crippen LogP contribution in [-0.2, 0) is 12.8 Å². The molecule has 0 heterocycles. The molecule has 0 aliphatic rings. The van der Waals surface area contributed by atoms with Gasteiger partial charge in [0.05, 0.1) is 0 Å². The second-order valence-corrected chi connectivity index (χ2v) is 1.77. The predicted octanol–water partition coefficient (Wildman–Crippen LogP) is 0.253. The highest BCUT2D eigenvalue weighted by molar-refractivity contribution is 8.11. The van der Waals surface area contributed by atoms with Crippen LogP contribution in [0, 0.1) is 0 Å². The number of rotatable bonds is 0. The van der Waals surface area contributed by atoms with Gasteiger partial charge < -0.3 is 17.5 Å². The van der Waals surface area contributed by atoms with Crippen molar-refractivity contribution < 1.29 is 0 Å². The van der Waals surface area contributed by atoms with E-state index in [0.29, 0.717) is 4.32 Å². The van der Waals surface area contributed by atoms with Crippen molar-refractivity contribution in [1.29, 1.82) is 0 Å². The first kappa shape index (κ1) is 5.59. The quantitative estimate of drug-likeness (QED) is 0.273. The van der Waals surface area contributed by atoms with E-state index in [4.69, 9.17) is 0 Å². The predicted molar refractivity (Wildman–Crippen MR) is 32.1 cm³/mol. The molecular weight excluding hydrogens is 122 g/mol. The van der Waals surface area contributed by atoms with Crippen molar-refractivity contribution in [2.75, 3.05) is 0 Å². The van der Waals surface area contributed by atoms with Gasteiger partial charge in [-0.25, -0.2) is 0 Å². The molecular formula is CH2NS3-. The van der Waals surface area contributed by atoms with E-state index in [-0.39, 0.29) is 0 Å². The lowest BCUT2D eigenvalue weighted by atomic mass is 11.5. The summed E-state index contributed by atoms with van der Waals surface area (Å²) in [6.45, 7) is 0. The molecule has 0 unspecified atom stereocenters. The molecule has 0 atom stereocenters. The second-order valence-electron chi connectivity index (χ2n) is 0.407. The first-order valence-corrected chi connectivity index (χ1v) is 2.15. The van der Waals surface area contributed by atoms with Crippen LogP contribution in [0.15, 0.2) is 0 Å². The standard InChI is InChI=1S/CH2NS3/c3-1(4)2-5/h(H2-,2,3,4,5)/q-1. The molecule has 5 heavy (non-hydrogen) atoms. The van der Waals surface area contributed by atoms with Crippen LogP contribution in [0.3, 0.4) is 0 Å². The van der Waals surface area contributed by atoms with Gasteiger partial charge in [0.15, 0.2) is 0 Å². The van der Waals surface area contributed by atoms with E-state index in [9.17, 15) is 0 Å². The summed E-state index contributed by atoms with van der Waals surface area (Å²) >= 11 is 12.2. The maximum atomic E-state index is 4.35. The van der Waals surface area contributed by atoms with Gasteiger partial charge in [0.2, 0.25) is 0 Å². The van der Waals surface area contributed by atoms with Crippen LogP contribution in [0.4, 0.5) is 0 Å². The summed E-state index contributed by atoms with van der Waals surface area (Å²) in [6.07, 6.45) is 0. The Morgan fingerprint density at radius 3 is 2.20 bits per heavy atom. The van der Waals surface area contributed by atoms with Gasteiger partial charge in [-0.05, 0) is 0 Å². The van der Waals surface area contributed by atoms with E-state index < -0.39 is 0 Å². The van der Waals surface area contributed by atoms with Gasteiger partial charge in [0.1, 0.15) is 4.32 Å². The first-order chi connectivity index (χ1) is 2.27. The molecule has 0 bridgehead atoms. The lowest BCUT2D eigenvalue weighted by Gasteiger charge is -2.01. The molecule has 0 aliphatic heterocycles. The normalized spacial score (nSPS) is 6.80. The third-order valence-corrected chi connectivity index (χ3v) is 0.786. The van der Waals surface area contributed by atoms with Crippen LogP contribution in [0.2, 0.25) is 0 Å². The summed E-state index contributed by atoms with van der Waals surface area (Å²) in [5, 5.41) is 0. The van der Waals surface area contributed by atoms with Crippen LogP contribution in [-0.4, -0.2) is 4.32 Å². The largest absolute Gasteiger partial charge is 0.669 e. The fourth-order valence-corrected chi connectivity index (χ4v) is 0. The van der Waals surface area contributed by atoms with Crippen molar-refractivity contribution >= 4 is 42.0 Å². The number of thiol groups is 1. The van der Waals surface area contributed by atoms with Crippen LogP contribution < -0.4 is 4.72 Å². The van der Waals surface area contributed by atoms with Crippen molar-refractivity contribution in [3.63, 3.8) is 0 Å². The zero-order chi connectivity index (χ0) is 4.28. The van der Waals surface area contributed by atoms with E-state index in [1.165, 1.54) is 0 Å². The highest BCUT2D eigenvalue weighted by Crippen LogP contribution is 1.70. The number of hydrogen-bond acceptors (Lipinski definition) is 2. The fraction of sp³-hybridized carbons (Fsp3) is 0. The van der Waals surface area contributed by atoms with Crippen LogP contribution in [0.1, 0.15) is 0 Å². The van der Waals surface area contributed by atoms with Gasteiger partial charge in [-0.15, -0.1) is 12.6 Å². The fourth-order valence-electron chi connectivity index (χ4n) is 0. The number of thiocarbonyl (C=S) groups is 1. The second kappa shape index (κ2) is 2.81. The monoisotopic (exact) mass is 124 g/mol. The Morgan fingerprint density at radius 1 is 2.00 bits per heavy atom. The van der Waals surface area contributed by atoms with Crippen LogP contribution >= 0.6 is 24.8 Å². The SMILES string of the molecule is S=C(S)N[S-]. The molecule has 0 rings (SSSR count). The molecule has 0 saturated carbocycles. The minimum absolute atomic E-state index is 0.347. The molecule has 0 fully saturated rings. The van der Waals surface area contributed by atoms with Crippen molar-refractivity contribution in [1.82, 2.24) is 4.72 Å². The maximum Gasteiger partial charge on any atom is 0.108 e. The number of hydrogen-bond donors (Lipinski definition) is 2. The van der Waals surface area contributed by atoms with E-state index >= 15 is 0 Å². The van der Waals surface area contributed by atoms with Crippen molar-refractivity contribution in [3.8, 4) is 0 Å².